The second kappa shape index (κ2) is 9.51. The number of carbonyl (C=O) groups excluding carboxylic acids is 1. The summed E-state index contributed by atoms with van der Waals surface area (Å²) < 4.78 is 11.9. The van der Waals surface area contributed by atoms with Crippen molar-refractivity contribution in [2.24, 2.45) is 0 Å². The van der Waals surface area contributed by atoms with Crippen molar-refractivity contribution in [2.75, 3.05) is 20.3 Å². The Morgan fingerprint density at radius 3 is 2.66 bits per heavy atom. The van der Waals surface area contributed by atoms with Crippen LogP contribution >= 0.6 is 0 Å². The molecule has 0 saturated carbocycles. The smallest absolute Gasteiger partial charge is 0.345 e. The van der Waals surface area contributed by atoms with Crippen LogP contribution in [-0.2, 0) is 16.0 Å². The summed E-state index contributed by atoms with van der Waals surface area (Å²) in [6.07, 6.45) is 5.02. The Bertz CT molecular complexity index is 1160. The monoisotopic (exact) mass is 431 g/mol. The van der Waals surface area contributed by atoms with E-state index in [1.165, 1.54) is 18.9 Å². The van der Waals surface area contributed by atoms with E-state index in [1.807, 2.05) is 30.3 Å². The van der Waals surface area contributed by atoms with E-state index in [0.29, 0.717) is 33.9 Å². The largest absolute Gasteiger partial charge is 0.624 e. The quantitative estimate of drug-likeness (QED) is 0.193. The third-order valence-electron chi connectivity index (χ3n) is 5.27. The van der Waals surface area contributed by atoms with Crippen molar-refractivity contribution < 1.29 is 19.0 Å². The van der Waals surface area contributed by atoms with E-state index in [9.17, 15) is 10.0 Å². The number of aromatic nitrogens is 2. The zero-order chi connectivity index (χ0) is 22.5. The molecule has 2 aromatic carbocycles. The van der Waals surface area contributed by atoms with Gasteiger partial charge in [-0.3, -0.25) is 0 Å². The lowest BCUT2D eigenvalue weighted by Gasteiger charge is -2.10. The van der Waals surface area contributed by atoms with E-state index in [4.69, 9.17) is 9.47 Å². The number of imidazole rings is 1. The fourth-order valence-corrected chi connectivity index (χ4v) is 3.92. The molecule has 0 fully saturated rings. The summed E-state index contributed by atoms with van der Waals surface area (Å²) in [6.45, 7) is 2.48. The van der Waals surface area contributed by atoms with Crippen molar-refractivity contribution in [3.63, 3.8) is 0 Å². The molecule has 0 spiro atoms. The maximum Gasteiger partial charge on any atom is 0.345 e. The number of nitrogens with zero attached hydrogens (tertiary/aromatic N) is 2. The predicted molar refractivity (Wildman–Crippen MR) is 122 cm³/mol. The van der Waals surface area contributed by atoms with Crippen molar-refractivity contribution in [1.29, 1.82) is 0 Å². The summed E-state index contributed by atoms with van der Waals surface area (Å²) in [5.74, 6) is 0.0902. The Morgan fingerprint density at radius 1 is 1.16 bits per heavy atom. The van der Waals surface area contributed by atoms with Gasteiger partial charge in [-0.15, -0.1) is 0 Å². The number of aromatic amines is 1. The molecular weight excluding hydrogens is 406 g/mol. The van der Waals surface area contributed by atoms with E-state index in [2.05, 4.69) is 22.1 Å². The number of hydrogen-bond donors (Lipinski definition) is 1. The summed E-state index contributed by atoms with van der Waals surface area (Å²) in [5.41, 5.74) is 4.26. The van der Waals surface area contributed by atoms with Gasteiger partial charge < -0.3 is 19.7 Å². The van der Waals surface area contributed by atoms with Crippen molar-refractivity contribution in [3.8, 4) is 5.75 Å². The minimum absolute atomic E-state index is 0.206. The standard InChI is InChI=1S/C25H25N3O4/c1-3-31-25(29)23-22(21-15-26-16-27-21)19-12-11-18(14-20(19)24(23)28(2)30)32-13-7-10-17-8-5-4-6-9-17/h4-6,8-9,11-12,14-16H,3,7,10,13H2,1-2H3,(H,26,27)/b28-24+. The highest BCUT2D eigenvalue weighted by Gasteiger charge is 2.39. The fourth-order valence-electron chi connectivity index (χ4n) is 3.92. The fraction of sp³-hybridized carbons (Fsp3) is 0.240. The minimum Gasteiger partial charge on any atom is -0.624 e. The molecule has 0 unspecified atom stereocenters. The lowest BCUT2D eigenvalue weighted by atomic mass is 10.0. The van der Waals surface area contributed by atoms with Gasteiger partial charge in [-0.2, -0.15) is 0 Å². The second-order valence-electron chi connectivity index (χ2n) is 7.42. The molecule has 1 N–H and O–H groups in total. The number of aryl methyl sites for hydroxylation is 1. The average Bonchev–Trinajstić information content (AvgIpc) is 3.43. The van der Waals surface area contributed by atoms with Crippen molar-refractivity contribution in [3.05, 3.63) is 94.2 Å². The molecule has 164 valence electrons. The van der Waals surface area contributed by atoms with Gasteiger partial charge in [-0.05, 0) is 49.1 Å². The van der Waals surface area contributed by atoms with Crippen LogP contribution in [0.3, 0.4) is 0 Å². The van der Waals surface area contributed by atoms with E-state index in [1.54, 1.807) is 19.2 Å². The first-order chi connectivity index (χ1) is 15.6. The molecule has 1 aliphatic carbocycles. The summed E-state index contributed by atoms with van der Waals surface area (Å²) in [4.78, 5) is 20.0. The molecule has 4 rings (SSSR count). The van der Waals surface area contributed by atoms with Gasteiger partial charge in [-0.25, -0.2) is 14.5 Å². The number of hydroxylamine groups is 1. The van der Waals surface area contributed by atoms with Crippen molar-refractivity contribution in [2.45, 2.75) is 19.8 Å². The highest BCUT2D eigenvalue weighted by molar-refractivity contribution is 6.35. The summed E-state index contributed by atoms with van der Waals surface area (Å²) in [5, 5.41) is 12.5. The topological polar surface area (TPSA) is 90.3 Å². The van der Waals surface area contributed by atoms with Crippen LogP contribution in [0.2, 0.25) is 0 Å². The predicted octanol–water partition coefficient (Wildman–Crippen LogP) is 3.73. The Hall–Kier alpha value is -3.87. The van der Waals surface area contributed by atoms with Crippen LogP contribution in [0.4, 0.5) is 0 Å². The third-order valence-corrected chi connectivity index (χ3v) is 5.27. The van der Waals surface area contributed by atoms with Crippen molar-refractivity contribution >= 4 is 17.3 Å². The van der Waals surface area contributed by atoms with E-state index >= 15 is 0 Å². The summed E-state index contributed by atoms with van der Waals surface area (Å²) in [6, 6.07) is 15.8. The number of H-pyrrole nitrogens is 1. The van der Waals surface area contributed by atoms with Gasteiger partial charge in [0.25, 0.3) is 0 Å². The maximum atomic E-state index is 12.8. The van der Waals surface area contributed by atoms with Crippen LogP contribution in [0.5, 0.6) is 5.75 Å². The van der Waals surface area contributed by atoms with Crippen molar-refractivity contribution in [1.82, 2.24) is 9.97 Å². The second-order valence-corrected chi connectivity index (χ2v) is 7.42. The molecule has 0 saturated heterocycles. The molecule has 1 aromatic heterocycles. The Kier molecular flexibility index (Phi) is 6.35. The van der Waals surface area contributed by atoms with E-state index in [-0.39, 0.29) is 17.9 Å². The lowest BCUT2D eigenvalue weighted by molar-refractivity contribution is -0.421. The molecule has 1 aliphatic rings. The van der Waals surface area contributed by atoms with Crippen LogP contribution < -0.4 is 4.74 Å². The molecule has 32 heavy (non-hydrogen) atoms. The third kappa shape index (κ3) is 4.27. The lowest BCUT2D eigenvalue weighted by Crippen LogP contribution is -2.21. The number of carbonyl (C=O) groups is 1. The molecular formula is C25H25N3O4. The van der Waals surface area contributed by atoms with Gasteiger partial charge >= 0.3 is 5.97 Å². The van der Waals surface area contributed by atoms with Crippen LogP contribution in [0.15, 0.2) is 66.6 Å². The van der Waals surface area contributed by atoms with Gasteiger partial charge in [0.1, 0.15) is 18.4 Å². The van der Waals surface area contributed by atoms with Crippen LogP contribution in [0.25, 0.3) is 5.57 Å². The molecule has 0 aliphatic heterocycles. The average molecular weight is 431 g/mol. The van der Waals surface area contributed by atoms with E-state index < -0.39 is 5.97 Å². The summed E-state index contributed by atoms with van der Waals surface area (Å²) in [7, 11) is 1.37. The van der Waals surface area contributed by atoms with Gasteiger partial charge in [0.15, 0.2) is 0 Å². The Labute approximate surface area is 186 Å². The number of rotatable bonds is 8. The number of ether oxygens (including phenoxy) is 2. The normalized spacial score (nSPS) is 14.3. The SMILES string of the molecule is CCOC(=O)C1=C(c2c[nH]cn2)c2ccc(OCCCc3ccccc3)cc2/C1=[N+](/C)[O-]. The number of esters is 1. The van der Waals surface area contributed by atoms with Gasteiger partial charge in [0, 0.05) is 11.8 Å². The van der Waals surface area contributed by atoms with Crippen LogP contribution in [0, 0.1) is 5.21 Å². The highest BCUT2D eigenvalue weighted by atomic mass is 16.5. The van der Waals surface area contributed by atoms with Gasteiger partial charge in [0.05, 0.1) is 30.8 Å². The number of fused-ring (bicyclic) bond motifs is 1. The van der Waals surface area contributed by atoms with Crippen LogP contribution in [-0.4, -0.2) is 46.6 Å². The first-order valence-electron chi connectivity index (χ1n) is 10.6. The number of hydrogen-bond acceptors (Lipinski definition) is 5. The summed E-state index contributed by atoms with van der Waals surface area (Å²) >= 11 is 0. The molecule has 3 aromatic rings. The molecule has 0 radical (unpaired) electrons. The van der Waals surface area contributed by atoms with E-state index in [0.717, 1.165) is 18.4 Å². The van der Waals surface area contributed by atoms with Gasteiger partial charge in [-0.1, -0.05) is 30.3 Å². The zero-order valence-corrected chi connectivity index (χ0v) is 18.1. The van der Waals surface area contributed by atoms with Crippen LogP contribution in [0.1, 0.15) is 35.7 Å². The first-order valence-corrected chi connectivity index (χ1v) is 10.6. The molecule has 0 atom stereocenters. The zero-order valence-electron chi connectivity index (χ0n) is 18.1. The molecule has 0 bridgehead atoms. The molecule has 7 nitrogen and oxygen atoms in total. The highest BCUT2D eigenvalue weighted by Crippen LogP contribution is 2.39. The Morgan fingerprint density at radius 2 is 1.97 bits per heavy atom. The molecule has 7 heteroatoms. The molecule has 1 heterocycles. The maximum absolute atomic E-state index is 12.8. The first kappa shape index (κ1) is 21.4. The minimum atomic E-state index is -0.551. The number of nitrogens with one attached hydrogen (secondary N) is 1. The van der Waals surface area contributed by atoms with Gasteiger partial charge in [0.2, 0.25) is 5.71 Å². The Balaban J connectivity index is 1.62. The number of benzene rings is 2. The molecule has 0 amide bonds.